The summed E-state index contributed by atoms with van der Waals surface area (Å²) in [4.78, 5) is 3.85. The first-order valence-corrected chi connectivity index (χ1v) is 3.75. The number of aromatic nitrogens is 1. The summed E-state index contributed by atoms with van der Waals surface area (Å²) in [5, 5.41) is 0. The first kappa shape index (κ1) is 23.8. The number of aryl methyl sites for hydroxylation is 1. The summed E-state index contributed by atoms with van der Waals surface area (Å²) in [6.07, 6.45) is 7.57. The van der Waals surface area contributed by atoms with E-state index in [1.165, 1.54) is 5.56 Å². The molecule has 4 heteroatoms. The van der Waals surface area contributed by atoms with Gasteiger partial charge in [-0.2, -0.15) is 0 Å². The number of halogens is 2. The fraction of sp³-hybridized carbons (Fsp3) is 0.300. The Bertz CT molecular complexity index is 199. The summed E-state index contributed by atoms with van der Waals surface area (Å²) in [6, 6.07) is 3.94. The third-order valence-corrected chi connectivity index (χ3v) is 1.18. The van der Waals surface area contributed by atoms with Crippen LogP contribution in [0.2, 0.25) is 0 Å². The maximum Gasteiger partial charge on any atom is 2.00 e. The standard InChI is InChI=1S/C6H7N.C4H8.2ClH.Pt/c1-6-2-4-7-5-3-6;1-3-4-2;;;/h2-5H,1H3;3-4H,1-2H3;2*1H;/q;;;;+2/p-2/b;4-3+;;;. The van der Waals surface area contributed by atoms with Crippen LogP contribution in [0.15, 0.2) is 36.7 Å². The van der Waals surface area contributed by atoms with Gasteiger partial charge in [-0.25, -0.2) is 0 Å². The van der Waals surface area contributed by atoms with Gasteiger partial charge in [-0.3, -0.25) is 4.98 Å². The summed E-state index contributed by atoms with van der Waals surface area (Å²) < 4.78 is 0. The second kappa shape index (κ2) is 18.8. The molecule has 1 aromatic rings. The molecule has 0 aromatic carbocycles. The van der Waals surface area contributed by atoms with Gasteiger partial charge in [0.1, 0.15) is 0 Å². The normalized spacial score (nSPS) is 7.07. The monoisotopic (exact) mass is 414 g/mol. The van der Waals surface area contributed by atoms with Crippen LogP contribution < -0.4 is 24.8 Å². The summed E-state index contributed by atoms with van der Waals surface area (Å²) in [5.74, 6) is 0. The molecular weight excluding hydrogens is 400 g/mol. The minimum atomic E-state index is 0. The molecule has 0 unspecified atom stereocenters. The Morgan fingerprint density at radius 1 is 1.00 bits per heavy atom. The molecule has 0 aliphatic carbocycles. The van der Waals surface area contributed by atoms with Crippen molar-refractivity contribution >= 4 is 0 Å². The van der Waals surface area contributed by atoms with Crippen LogP contribution >= 0.6 is 0 Å². The van der Waals surface area contributed by atoms with Crippen molar-refractivity contribution in [1.82, 2.24) is 4.98 Å². The van der Waals surface area contributed by atoms with Gasteiger partial charge in [-0.15, -0.1) is 0 Å². The summed E-state index contributed by atoms with van der Waals surface area (Å²) >= 11 is 0. The zero-order chi connectivity index (χ0) is 8.53. The van der Waals surface area contributed by atoms with E-state index in [9.17, 15) is 0 Å². The van der Waals surface area contributed by atoms with Crippen molar-refractivity contribution in [2.45, 2.75) is 20.8 Å². The quantitative estimate of drug-likeness (QED) is 0.412. The summed E-state index contributed by atoms with van der Waals surface area (Å²) in [7, 11) is 0. The molecule has 84 valence electrons. The van der Waals surface area contributed by atoms with Crippen LogP contribution in [-0.4, -0.2) is 4.98 Å². The van der Waals surface area contributed by atoms with Gasteiger partial charge in [0.05, 0.1) is 0 Å². The Kier molecular flexibility index (Phi) is 32.0. The Morgan fingerprint density at radius 3 is 1.50 bits per heavy atom. The Hall–Kier alpha value is 0.158. The van der Waals surface area contributed by atoms with Crippen LogP contribution in [-0.2, 0) is 21.1 Å². The Labute approximate surface area is 113 Å². The van der Waals surface area contributed by atoms with Crippen molar-refractivity contribution in [3.05, 3.63) is 42.2 Å². The van der Waals surface area contributed by atoms with Gasteiger partial charge in [0.25, 0.3) is 0 Å². The zero-order valence-electron chi connectivity index (χ0n) is 8.48. The van der Waals surface area contributed by atoms with E-state index in [1.807, 2.05) is 45.1 Å². The maximum absolute atomic E-state index is 3.85. The number of rotatable bonds is 0. The van der Waals surface area contributed by atoms with E-state index < -0.39 is 0 Å². The number of hydrogen-bond donors (Lipinski definition) is 0. The maximum atomic E-state index is 3.85. The fourth-order valence-corrected chi connectivity index (χ4v) is 0.426. The van der Waals surface area contributed by atoms with Crippen molar-refractivity contribution in [3.8, 4) is 0 Å². The minimum Gasteiger partial charge on any atom is -1.00 e. The smallest absolute Gasteiger partial charge is 1.00 e. The van der Waals surface area contributed by atoms with Crippen LogP contribution in [0.25, 0.3) is 0 Å². The largest absolute Gasteiger partial charge is 2.00 e. The SMILES string of the molecule is C/C=C/C.Cc1ccncc1.[Cl-].[Cl-].[Pt+2]. The van der Waals surface area contributed by atoms with Crippen LogP contribution in [0.3, 0.4) is 0 Å². The van der Waals surface area contributed by atoms with Gasteiger partial charge in [-0.05, 0) is 38.5 Å². The predicted molar refractivity (Wildman–Crippen MR) is 49.5 cm³/mol. The van der Waals surface area contributed by atoms with Gasteiger partial charge in [-0.1, -0.05) is 12.2 Å². The molecule has 0 spiro atoms. The molecule has 0 radical (unpaired) electrons. The number of hydrogen-bond acceptors (Lipinski definition) is 1. The molecule has 1 nitrogen and oxygen atoms in total. The predicted octanol–water partition coefficient (Wildman–Crippen LogP) is -3.02. The van der Waals surface area contributed by atoms with Crippen molar-refractivity contribution in [1.29, 1.82) is 0 Å². The van der Waals surface area contributed by atoms with E-state index in [2.05, 4.69) is 4.98 Å². The molecular formula is C10H15Cl2NPt. The number of pyridine rings is 1. The molecule has 1 heterocycles. The van der Waals surface area contributed by atoms with E-state index >= 15 is 0 Å². The van der Waals surface area contributed by atoms with Crippen molar-refractivity contribution in [3.63, 3.8) is 0 Å². The molecule has 1 aromatic heterocycles. The first-order chi connectivity index (χ1) is 5.31. The Balaban J connectivity index is -0.0000000650. The second-order valence-electron chi connectivity index (χ2n) is 2.19. The average molecular weight is 415 g/mol. The van der Waals surface area contributed by atoms with E-state index in [0.29, 0.717) is 0 Å². The third-order valence-electron chi connectivity index (χ3n) is 1.18. The average Bonchev–Trinajstić information content (AvgIpc) is 2.07. The molecule has 0 aliphatic heterocycles. The van der Waals surface area contributed by atoms with Crippen molar-refractivity contribution in [2.24, 2.45) is 0 Å². The van der Waals surface area contributed by atoms with Gasteiger partial charge in [0.15, 0.2) is 0 Å². The second-order valence-corrected chi connectivity index (χ2v) is 2.19. The molecule has 0 saturated heterocycles. The zero-order valence-corrected chi connectivity index (χ0v) is 12.3. The van der Waals surface area contributed by atoms with Gasteiger partial charge in [0.2, 0.25) is 0 Å². The van der Waals surface area contributed by atoms with Gasteiger partial charge in [0, 0.05) is 12.4 Å². The molecule has 0 fully saturated rings. The van der Waals surface area contributed by atoms with Crippen molar-refractivity contribution in [2.75, 3.05) is 0 Å². The molecule has 14 heavy (non-hydrogen) atoms. The molecule has 0 aliphatic rings. The van der Waals surface area contributed by atoms with Crippen LogP contribution in [0.1, 0.15) is 19.4 Å². The fourth-order valence-electron chi connectivity index (χ4n) is 0.426. The Morgan fingerprint density at radius 2 is 1.36 bits per heavy atom. The molecule has 0 atom stereocenters. The van der Waals surface area contributed by atoms with E-state index in [-0.39, 0.29) is 45.9 Å². The van der Waals surface area contributed by atoms with Crippen LogP contribution in [0.5, 0.6) is 0 Å². The molecule has 0 N–H and O–H groups in total. The van der Waals surface area contributed by atoms with E-state index in [0.717, 1.165) is 0 Å². The molecule has 1 rings (SSSR count). The molecule has 0 bridgehead atoms. The first-order valence-electron chi connectivity index (χ1n) is 3.75. The van der Waals surface area contributed by atoms with Crippen molar-refractivity contribution < 1.29 is 45.9 Å². The van der Waals surface area contributed by atoms with Crippen LogP contribution in [0, 0.1) is 6.92 Å². The van der Waals surface area contributed by atoms with E-state index in [4.69, 9.17) is 0 Å². The number of nitrogens with zero attached hydrogens (tertiary/aromatic N) is 1. The molecule has 0 saturated carbocycles. The van der Waals surface area contributed by atoms with Gasteiger partial charge >= 0.3 is 21.1 Å². The topological polar surface area (TPSA) is 12.9 Å². The number of allylic oxidation sites excluding steroid dienone is 2. The summed E-state index contributed by atoms with van der Waals surface area (Å²) in [5.41, 5.74) is 1.26. The van der Waals surface area contributed by atoms with Gasteiger partial charge < -0.3 is 24.8 Å². The van der Waals surface area contributed by atoms with E-state index in [1.54, 1.807) is 12.4 Å². The summed E-state index contributed by atoms with van der Waals surface area (Å²) in [6.45, 7) is 6.04. The molecule has 0 amide bonds. The minimum absolute atomic E-state index is 0. The third kappa shape index (κ3) is 18.0. The van der Waals surface area contributed by atoms with Crippen LogP contribution in [0.4, 0.5) is 0 Å².